The van der Waals surface area contributed by atoms with E-state index in [-0.39, 0.29) is 0 Å². The Bertz CT molecular complexity index is 3840. The van der Waals surface area contributed by atoms with Gasteiger partial charge in [-0.1, -0.05) is 176 Å². The molecule has 0 aliphatic carbocycles. The Hall–Kier alpha value is -7.92. The molecule has 0 saturated heterocycles. The lowest BCUT2D eigenvalue weighted by Crippen LogP contribution is -1.97. The number of thiophene rings is 1. The average Bonchev–Trinajstić information content (AvgIpc) is 3.91. The number of fused-ring (bicyclic) bond motifs is 13. The molecule has 62 heavy (non-hydrogen) atoms. The van der Waals surface area contributed by atoms with E-state index in [1.54, 1.807) is 0 Å². The van der Waals surface area contributed by atoms with Crippen molar-refractivity contribution >= 4 is 85.6 Å². The maximum Gasteiger partial charge on any atom is 0.160 e. The van der Waals surface area contributed by atoms with Crippen LogP contribution in [0, 0.1) is 0 Å². The molecule has 0 aliphatic rings. The van der Waals surface area contributed by atoms with E-state index in [4.69, 9.17) is 9.97 Å². The van der Waals surface area contributed by atoms with Crippen LogP contribution >= 0.6 is 11.3 Å². The van der Waals surface area contributed by atoms with Gasteiger partial charge in [-0.25, -0.2) is 9.97 Å². The van der Waals surface area contributed by atoms with Crippen LogP contribution in [0.5, 0.6) is 0 Å². The van der Waals surface area contributed by atoms with Crippen LogP contribution in [-0.2, 0) is 0 Å². The first-order chi connectivity index (χ1) is 30.7. The number of hydrogen-bond donors (Lipinski definition) is 0. The van der Waals surface area contributed by atoms with Crippen molar-refractivity contribution in [2.45, 2.75) is 0 Å². The number of nitrogens with zero attached hydrogens (tertiary/aromatic N) is 3. The molecule has 13 aromatic rings. The predicted octanol–water partition coefficient (Wildman–Crippen LogP) is 16.1. The van der Waals surface area contributed by atoms with Crippen molar-refractivity contribution in [3.8, 4) is 50.7 Å². The molecular weight excluding hydrogens is 771 g/mol. The summed E-state index contributed by atoms with van der Waals surface area (Å²) >= 11 is 1.92. The minimum Gasteiger partial charge on any atom is -0.309 e. The van der Waals surface area contributed by atoms with Gasteiger partial charge in [-0.05, 0) is 74.5 Å². The van der Waals surface area contributed by atoms with Crippen molar-refractivity contribution in [3.05, 3.63) is 212 Å². The molecule has 0 fully saturated rings. The lowest BCUT2D eigenvalue weighted by molar-refractivity contribution is 1.17. The van der Waals surface area contributed by atoms with Crippen LogP contribution in [0.1, 0.15) is 0 Å². The molecule has 0 spiro atoms. The number of rotatable bonds is 5. The van der Waals surface area contributed by atoms with Crippen LogP contribution in [0.2, 0.25) is 0 Å². The third kappa shape index (κ3) is 5.37. The van der Waals surface area contributed by atoms with Crippen molar-refractivity contribution in [1.82, 2.24) is 14.5 Å². The molecule has 0 amide bonds. The molecule has 0 radical (unpaired) electrons. The first-order valence-electron chi connectivity index (χ1n) is 21.1. The van der Waals surface area contributed by atoms with Gasteiger partial charge in [0.05, 0.1) is 22.4 Å². The van der Waals surface area contributed by atoms with Gasteiger partial charge in [0.2, 0.25) is 0 Å². The zero-order chi connectivity index (χ0) is 40.7. The number of benzene rings is 10. The summed E-state index contributed by atoms with van der Waals surface area (Å²) < 4.78 is 5.12. The van der Waals surface area contributed by atoms with Gasteiger partial charge < -0.3 is 4.57 Å². The SMILES string of the molecule is c1ccc(-c2cc(-c3ccc(-n4c5ccc6ccccc6c5c5c6sc7ccc(-c8cccc9ccccc89)cc7c6c6ccccc6c54)cc3)nc(-c3ccccc3)n2)cc1. The fourth-order valence-electron chi connectivity index (χ4n) is 9.75. The second kappa shape index (κ2) is 13.8. The van der Waals surface area contributed by atoms with Gasteiger partial charge in [0.15, 0.2) is 5.82 Å². The molecule has 13 rings (SSSR count). The van der Waals surface area contributed by atoms with E-state index in [0.29, 0.717) is 5.82 Å². The molecule has 0 saturated carbocycles. The van der Waals surface area contributed by atoms with Crippen molar-refractivity contribution in [3.63, 3.8) is 0 Å². The van der Waals surface area contributed by atoms with Crippen molar-refractivity contribution in [2.75, 3.05) is 0 Å². The first kappa shape index (κ1) is 34.9. The standard InChI is InChI=1S/C58H35N3S/c1-3-16-38(17-4-1)49-35-50(60-58(59-49)40-18-5-2-6-19-40)39-26-30-42(31-27-39)61-51-32-28-37-15-8-10-22-45(37)54(51)55-56(61)47-24-12-11-23-46(47)53-48-34-41(29-33-52(48)62-57(53)55)44-25-13-20-36-14-7-9-21-43(36)44/h1-35H. The molecule has 3 heterocycles. The Morgan fingerprint density at radius 3 is 1.73 bits per heavy atom. The van der Waals surface area contributed by atoms with Crippen LogP contribution in [0.15, 0.2) is 212 Å². The third-order valence-electron chi connectivity index (χ3n) is 12.6. The molecule has 3 aromatic heterocycles. The van der Waals surface area contributed by atoms with Gasteiger partial charge in [0.1, 0.15) is 0 Å². The topological polar surface area (TPSA) is 30.7 Å². The Morgan fingerprint density at radius 2 is 0.968 bits per heavy atom. The maximum atomic E-state index is 5.15. The van der Waals surface area contributed by atoms with E-state index in [9.17, 15) is 0 Å². The highest BCUT2D eigenvalue weighted by atomic mass is 32.1. The van der Waals surface area contributed by atoms with E-state index >= 15 is 0 Å². The van der Waals surface area contributed by atoms with E-state index in [1.165, 1.54) is 85.4 Å². The highest BCUT2D eigenvalue weighted by Gasteiger charge is 2.24. The third-order valence-corrected chi connectivity index (χ3v) is 13.8. The van der Waals surface area contributed by atoms with Gasteiger partial charge in [0, 0.05) is 58.7 Å². The molecule has 0 N–H and O–H groups in total. The number of aromatic nitrogens is 3. The van der Waals surface area contributed by atoms with Crippen LogP contribution in [0.25, 0.3) is 125 Å². The molecule has 4 heteroatoms. The minimum absolute atomic E-state index is 0.711. The Balaban J connectivity index is 1.07. The summed E-state index contributed by atoms with van der Waals surface area (Å²) in [6.07, 6.45) is 0. The highest BCUT2D eigenvalue weighted by molar-refractivity contribution is 7.27. The van der Waals surface area contributed by atoms with Crippen molar-refractivity contribution in [2.24, 2.45) is 0 Å². The molecule has 0 atom stereocenters. The van der Waals surface area contributed by atoms with Crippen LogP contribution in [-0.4, -0.2) is 14.5 Å². The van der Waals surface area contributed by atoms with Crippen molar-refractivity contribution < 1.29 is 0 Å². The molecule has 0 bridgehead atoms. The minimum atomic E-state index is 0.711. The van der Waals surface area contributed by atoms with E-state index in [2.05, 4.69) is 193 Å². The van der Waals surface area contributed by atoms with Crippen LogP contribution in [0.3, 0.4) is 0 Å². The largest absolute Gasteiger partial charge is 0.309 e. The average molecular weight is 806 g/mol. The van der Waals surface area contributed by atoms with Gasteiger partial charge in [-0.2, -0.15) is 0 Å². The molecular formula is C58H35N3S. The Labute approximate surface area is 361 Å². The van der Waals surface area contributed by atoms with E-state index in [0.717, 1.165) is 33.8 Å². The second-order valence-corrected chi connectivity index (χ2v) is 17.1. The first-order valence-corrected chi connectivity index (χ1v) is 21.9. The predicted molar refractivity (Wildman–Crippen MR) is 264 cm³/mol. The summed E-state index contributed by atoms with van der Waals surface area (Å²) in [5.74, 6) is 0.711. The highest BCUT2D eigenvalue weighted by Crippen LogP contribution is 2.50. The van der Waals surface area contributed by atoms with Crippen LogP contribution in [0.4, 0.5) is 0 Å². The van der Waals surface area contributed by atoms with Gasteiger partial charge in [-0.15, -0.1) is 11.3 Å². The normalized spacial score (nSPS) is 11.9. The summed E-state index contributed by atoms with van der Waals surface area (Å²) in [5.41, 5.74) is 10.9. The van der Waals surface area contributed by atoms with Crippen LogP contribution < -0.4 is 0 Å². The molecule has 3 nitrogen and oxygen atoms in total. The summed E-state index contributed by atoms with van der Waals surface area (Å²) in [5, 5.41) is 12.8. The summed E-state index contributed by atoms with van der Waals surface area (Å²) in [7, 11) is 0. The Kier molecular flexibility index (Phi) is 7.78. The quantitative estimate of drug-likeness (QED) is 0.173. The number of hydrogen-bond acceptors (Lipinski definition) is 3. The summed E-state index contributed by atoms with van der Waals surface area (Å²) in [6.45, 7) is 0. The van der Waals surface area contributed by atoms with E-state index < -0.39 is 0 Å². The second-order valence-electron chi connectivity index (χ2n) is 16.1. The van der Waals surface area contributed by atoms with Gasteiger partial charge in [0.25, 0.3) is 0 Å². The molecule has 10 aromatic carbocycles. The lowest BCUT2D eigenvalue weighted by atomic mass is 9.95. The molecule has 288 valence electrons. The smallest absolute Gasteiger partial charge is 0.160 e. The van der Waals surface area contributed by atoms with Gasteiger partial charge in [-0.3, -0.25) is 0 Å². The van der Waals surface area contributed by atoms with Crippen molar-refractivity contribution in [1.29, 1.82) is 0 Å². The lowest BCUT2D eigenvalue weighted by Gasteiger charge is -2.13. The zero-order valence-electron chi connectivity index (χ0n) is 33.5. The fourth-order valence-corrected chi connectivity index (χ4v) is 11.0. The monoisotopic (exact) mass is 805 g/mol. The maximum absolute atomic E-state index is 5.15. The van der Waals surface area contributed by atoms with Gasteiger partial charge >= 0.3 is 0 Å². The fraction of sp³-hybridized carbons (Fsp3) is 0. The molecule has 0 aliphatic heterocycles. The Morgan fingerprint density at radius 1 is 0.371 bits per heavy atom. The summed E-state index contributed by atoms with van der Waals surface area (Å²) in [4.78, 5) is 10.2. The summed E-state index contributed by atoms with van der Waals surface area (Å²) in [6, 6.07) is 76.6. The zero-order valence-corrected chi connectivity index (χ0v) is 34.3. The molecule has 0 unspecified atom stereocenters. The van der Waals surface area contributed by atoms with E-state index in [1.807, 2.05) is 35.6 Å².